The normalized spacial score (nSPS) is 29.0. The van der Waals surface area contributed by atoms with Gasteiger partial charge in [-0.2, -0.15) is 9.49 Å². The molecule has 1 amide bonds. The number of fused-ring (bicyclic) bond motifs is 2. The zero-order valence-corrected chi connectivity index (χ0v) is 15.5. The Morgan fingerprint density at radius 1 is 1.52 bits per heavy atom. The van der Waals surface area contributed by atoms with Crippen LogP contribution in [0.25, 0.3) is 0 Å². The third kappa shape index (κ3) is 2.79. The van der Waals surface area contributed by atoms with Crippen molar-refractivity contribution >= 4 is 5.91 Å². The Balaban J connectivity index is 1.90. The molecule has 1 aromatic rings. The number of hydrogen-bond donors (Lipinski definition) is 0. The molecule has 0 aromatic carbocycles. The monoisotopic (exact) mass is 351 g/mol. The first-order valence-corrected chi connectivity index (χ1v) is 8.66. The summed E-state index contributed by atoms with van der Waals surface area (Å²) in [6.45, 7) is 3.56. The molecule has 0 N–H and O–H groups in total. The van der Waals surface area contributed by atoms with Crippen molar-refractivity contribution in [3.8, 4) is 0 Å². The van der Waals surface area contributed by atoms with Gasteiger partial charge in [-0.15, -0.1) is 0 Å². The predicted molar refractivity (Wildman–Crippen MR) is 90.3 cm³/mol. The zero-order chi connectivity index (χ0) is 18.4. The standard InChI is InChI=1S/C18H26FN3O3/c1-11-15(16(19)21(3)20-11)17(23)22(25-5)12(2)14-10-13-6-8-18(14,24-4)9-7-13/h6,8,12-14H,7,9-10H2,1-5H3. The van der Waals surface area contributed by atoms with Crippen LogP contribution in [0.15, 0.2) is 12.2 Å². The van der Waals surface area contributed by atoms with Gasteiger partial charge in [0.05, 0.1) is 24.4 Å². The summed E-state index contributed by atoms with van der Waals surface area (Å²) >= 11 is 0. The topological polar surface area (TPSA) is 56.6 Å². The zero-order valence-electron chi connectivity index (χ0n) is 15.5. The van der Waals surface area contributed by atoms with Crippen LogP contribution >= 0.6 is 0 Å². The van der Waals surface area contributed by atoms with Crippen molar-refractivity contribution in [3.63, 3.8) is 0 Å². The van der Waals surface area contributed by atoms with E-state index in [0.717, 1.165) is 23.9 Å². The molecule has 1 saturated carbocycles. The number of hydroxylamine groups is 2. The lowest BCUT2D eigenvalue weighted by atomic mass is 9.63. The van der Waals surface area contributed by atoms with Crippen LogP contribution in [0.1, 0.15) is 42.2 Å². The van der Waals surface area contributed by atoms with Gasteiger partial charge in [0.1, 0.15) is 5.56 Å². The maximum absolute atomic E-state index is 14.3. The van der Waals surface area contributed by atoms with Gasteiger partial charge in [-0.3, -0.25) is 9.63 Å². The number of halogens is 1. The van der Waals surface area contributed by atoms with Crippen molar-refractivity contribution in [1.29, 1.82) is 0 Å². The van der Waals surface area contributed by atoms with Gasteiger partial charge in [0.15, 0.2) is 0 Å². The molecule has 4 unspecified atom stereocenters. The van der Waals surface area contributed by atoms with E-state index < -0.39 is 17.5 Å². The Labute approximate surface area is 147 Å². The number of nitrogens with zero attached hydrogens (tertiary/aromatic N) is 3. The fourth-order valence-corrected chi connectivity index (χ4v) is 4.43. The molecule has 6 nitrogen and oxygen atoms in total. The molecular weight excluding hydrogens is 325 g/mol. The molecule has 3 aliphatic rings. The van der Waals surface area contributed by atoms with Crippen molar-refractivity contribution in [3.05, 3.63) is 29.4 Å². The van der Waals surface area contributed by atoms with Crippen molar-refractivity contribution in [2.75, 3.05) is 14.2 Å². The van der Waals surface area contributed by atoms with E-state index in [2.05, 4.69) is 17.3 Å². The first-order valence-electron chi connectivity index (χ1n) is 8.66. The number of hydrogen-bond acceptors (Lipinski definition) is 4. The van der Waals surface area contributed by atoms with Gasteiger partial charge in [-0.05, 0) is 39.0 Å². The van der Waals surface area contributed by atoms with E-state index in [4.69, 9.17) is 9.57 Å². The van der Waals surface area contributed by atoms with Crippen molar-refractivity contribution in [1.82, 2.24) is 14.8 Å². The van der Waals surface area contributed by atoms with E-state index in [1.165, 1.54) is 19.2 Å². The SMILES string of the molecule is CON(C(=O)c1c(C)nn(C)c1F)C(C)C1CC2C=CC1(OC)CC2. The van der Waals surface area contributed by atoms with Gasteiger partial charge in [0, 0.05) is 20.1 Å². The first kappa shape index (κ1) is 18.1. The second-order valence-corrected chi connectivity index (χ2v) is 7.09. The van der Waals surface area contributed by atoms with E-state index in [0.29, 0.717) is 11.6 Å². The second-order valence-electron chi connectivity index (χ2n) is 7.09. The minimum absolute atomic E-state index is 0.0424. The number of rotatable bonds is 5. The largest absolute Gasteiger partial charge is 0.374 e. The number of aryl methyl sites for hydroxylation is 2. The molecule has 0 aliphatic heterocycles. The van der Waals surface area contributed by atoms with Crippen LogP contribution in [0.4, 0.5) is 4.39 Å². The summed E-state index contributed by atoms with van der Waals surface area (Å²) in [5.74, 6) is -0.571. The number of allylic oxidation sites excluding steroid dienone is 1. The lowest BCUT2D eigenvalue weighted by molar-refractivity contribution is -0.166. The van der Waals surface area contributed by atoms with Crippen molar-refractivity contribution in [2.24, 2.45) is 18.9 Å². The highest BCUT2D eigenvalue weighted by molar-refractivity contribution is 5.94. The summed E-state index contributed by atoms with van der Waals surface area (Å²) in [6.07, 6.45) is 7.27. The average molecular weight is 351 g/mol. The van der Waals surface area contributed by atoms with Gasteiger partial charge in [0.25, 0.3) is 5.91 Å². The molecule has 4 rings (SSSR count). The molecular formula is C18H26FN3O3. The molecule has 0 radical (unpaired) electrons. The van der Waals surface area contributed by atoms with E-state index in [9.17, 15) is 9.18 Å². The molecule has 25 heavy (non-hydrogen) atoms. The van der Waals surface area contributed by atoms with E-state index in [1.54, 1.807) is 14.0 Å². The molecule has 138 valence electrons. The number of methoxy groups -OCH3 is 1. The minimum Gasteiger partial charge on any atom is -0.374 e. The maximum atomic E-state index is 14.3. The Morgan fingerprint density at radius 3 is 2.72 bits per heavy atom. The highest BCUT2D eigenvalue weighted by Crippen LogP contribution is 2.48. The molecule has 3 aliphatic carbocycles. The van der Waals surface area contributed by atoms with Crippen LogP contribution < -0.4 is 0 Å². The number of amides is 1. The van der Waals surface area contributed by atoms with Gasteiger partial charge >= 0.3 is 0 Å². The number of aromatic nitrogens is 2. The van der Waals surface area contributed by atoms with Crippen LogP contribution in [-0.2, 0) is 16.6 Å². The van der Waals surface area contributed by atoms with Gasteiger partial charge < -0.3 is 4.74 Å². The number of carbonyl (C=O) groups excluding carboxylic acids is 1. The second kappa shape index (κ2) is 6.53. The smallest absolute Gasteiger partial charge is 0.284 e. The summed E-state index contributed by atoms with van der Waals surface area (Å²) in [7, 11) is 4.62. The maximum Gasteiger partial charge on any atom is 0.284 e. The Morgan fingerprint density at radius 2 is 2.24 bits per heavy atom. The van der Waals surface area contributed by atoms with Crippen molar-refractivity contribution in [2.45, 2.75) is 44.8 Å². The molecule has 7 heteroatoms. The Bertz CT molecular complexity index is 702. The number of ether oxygens (including phenoxy) is 1. The average Bonchev–Trinajstić information content (AvgIpc) is 2.88. The fourth-order valence-electron chi connectivity index (χ4n) is 4.43. The quantitative estimate of drug-likeness (QED) is 0.604. The fraction of sp³-hybridized carbons (Fsp3) is 0.667. The van der Waals surface area contributed by atoms with Crippen LogP contribution in [-0.4, -0.2) is 46.6 Å². The lowest BCUT2D eigenvalue weighted by Gasteiger charge is -2.50. The van der Waals surface area contributed by atoms with E-state index >= 15 is 0 Å². The van der Waals surface area contributed by atoms with Crippen LogP contribution in [0, 0.1) is 24.7 Å². The highest BCUT2D eigenvalue weighted by Gasteiger charge is 2.49. The molecule has 0 spiro atoms. The third-order valence-corrected chi connectivity index (χ3v) is 5.84. The number of carbonyl (C=O) groups is 1. The first-order chi connectivity index (χ1) is 11.8. The summed E-state index contributed by atoms with van der Waals surface area (Å²) < 4.78 is 21.3. The summed E-state index contributed by atoms with van der Waals surface area (Å²) in [4.78, 5) is 18.4. The molecule has 2 bridgehead atoms. The van der Waals surface area contributed by atoms with Gasteiger partial charge in [-0.1, -0.05) is 12.2 Å². The van der Waals surface area contributed by atoms with E-state index in [-0.39, 0.29) is 17.5 Å². The molecule has 1 fully saturated rings. The summed E-state index contributed by atoms with van der Waals surface area (Å²) in [6, 6.07) is -0.260. The molecule has 0 saturated heterocycles. The molecule has 4 atom stereocenters. The van der Waals surface area contributed by atoms with Crippen LogP contribution in [0.3, 0.4) is 0 Å². The third-order valence-electron chi connectivity index (χ3n) is 5.84. The minimum atomic E-state index is -0.650. The van der Waals surface area contributed by atoms with Crippen molar-refractivity contribution < 1.29 is 18.8 Å². The summed E-state index contributed by atoms with van der Waals surface area (Å²) in [5, 5.41) is 5.26. The predicted octanol–water partition coefficient (Wildman–Crippen LogP) is 2.63. The van der Waals surface area contributed by atoms with Gasteiger partial charge in [-0.25, -0.2) is 9.75 Å². The molecule has 1 aromatic heterocycles. The Kier molecular flexibility index (Phi) is 4.72. The Hall–Kier alpha value is -1.73. The highest BCUT2D eigenvalue weighted by atomic mass is 19.1. The van der Waals surface area contributed by atoms with Gasteiger partial charge in [0.2, 0.25) is 5.95 Å². The van der Waals surface area contributed by atoms with E-state index in [1.807, 2.05) is 6.92 Å². The lowest BCUT2D eigenvalue weighted by Crippen LogP contribution is -2.55. The van der Waals surface area contributed by atoms with Crippen LogP contribution in [0.5, 0.6) is 0 Å². The van der Waals surface area contributed by atoms with Crippen LogP contribution in [0.2, 0.25) is 0 Å². The summed E-state index contributed by atoms with van der Waals surface area (Å²) in [5.41, 5.74) is -0.0850. The molecule has 1 heterocycles.